The lowest BCUT2D eigenvalue weighted by Gasteiger charge is -2.30. The van der Waals surface area contributed by atoms with Crippen molar-refractivity contribution in [3.05, 3.63) is 16.1 Å². The van der Waals surface area contributed by atoms with E-state index >= 15 is 0 Å². The number of nitrogens with two attached hydrogens (primary N) is 1. The Morgan fingerprint density at radius 2 is 2.28 bits per heavy atom. The van der Waals surface area contributed by atoms with Gasteiger partial charge in [-0.15, -0.1) is 11.3 Å². The van der Waals surface area contributed by atoms with Crippen molar-refractivity contribution >= 4 is 17.2 Å². The van der Waals surface area contributed by atoms with Gasteiger partial charge in [-0.3, -0.25) is 4.79 Å². The van der Waals surface area contributed by atoms with Crippen molar-refractivity contribution in [2.75, 3.05) is 19.6 Å². The molecule has 1 aromatic rings. The van der Waals surface area contributed by atoms with Crippen LogP contribution >= 0.6 is 11.3 Å². The van der Waals surface area contributed by atoms with Crippen molar-refractivity contribution in [1.82, 2.24) is 9.88 Å². The smallest absolute Gasteiger partial charge is 0.222 e. The van der Waals surface area contributed by atoms with Crippen molar-refractivity contribution in [2.45, 2.75) is 38.5 Å². The first-order valence-electron chi connectivity index (χ1n) is 6.66. The number of rotatable bonds is 4. The molecule has 2 N–H and O–H groups in total. The van der Waals surface area contributed by atoms with Gasteiger partial charge in [-0.1, -0.05) is 6.92 Å². The van der Waals surface area contributed by atoms with Crippen LogP contribution in [0, 0.1) is 0 Å². The van der Waals surface area contributed by atoms with Crippen LogP contribution in [0.5, 0.6) is 0 Å². The third-order valence-corrected chi connectivity index (χ3v) is 4.53. The molecule has 0 aliphatic carbocycles. The number of hydrogen-bond acceptors (Lipinski definition) is 4. The fourth-order valence-corrected chi connectivity index (χ4v) is 3.40. The summed E-state index contributed by atoms with van der Waals surface area (Å²) in [5, 5.41) is 3.34. The lowest BCUT2D eigenvalue weighted by atomic mass is 9.97. The Bertz CT molecular complexity index is 397. The lowest BCUT2D eigenvalue weighted by Crippen LogP contribution is -2.37. The molecule has 1 amide bonds. The van der Waals surface area contributed by atoms with Crippen molar-refractivity contribution in [3.63, 3.8) is 0 Å². The van der Waals surface area contributed by atoms with E-state index in [1.165, 1.54) is 5.01 Å². The highest BCUT2D eigenvalue weighted by Gasteiger charge is 2.24. The summed E-state index contributed by atoms with van der Waals surface area (Å²) in [5.74, 6) is 0.804. The number of thiazole rings is 1. The molecule has 1 aromatic heterocycles. The Morgan fingerprint density at radius 3 is 2.89 bits per heavy atom. The van der Waals surface area contributed by atoms with Crippen molar-refractivity contribution in [2.24, 2.45) is 5.73 Å². The number of hydrogen-bond donors (Lipinski definition) is 1. The van der Waals surface area contributed by atoms with Crippen LogP contribution in [0.25, 0.3) is 0 Å². The Morgan fingerprint density at radius 1 is 1.56 bits per heavy atom. The van der Waals surface area contributed by atoms with Gasteiger partial charge in [0, 0.05) is 37.2 Å². The molecule has 0 spiro atoms. The highest BCUT2D eigenvalue weighted by molar-refractivity contribution is 7.09. The number of piperidine rings is 1. The normalized spacial score (nSPS) is 17.1. The molecule has 1 aliphatic heterocycles. The maximum Gasteiger partial charge on any atom is 0.222 e. The molecule has 0 aromatic carbocycles. The zero-order valence-corrected chi connectivity index (χ0v) is 11.7. The summed E-state index contributed by atoms with van der Waals surface area (Å²) in [6, 6.07) is 0. The van der Waals surface area contributed by atoms with Gasteiger partial charge in [-0.2, -0.15) is 0 Å². The average molecular weight is 267 g/mol. The van der Waals surface area contributed by atoms with E-state index in [9.17, 15) is 4.79 Å². The molecule has 0 bridgehead atoms. The molecule has 0 radical (unpaired) electrons. The molecule has 0 saturated carbocycles. The van der Waals surface area contributed by atoms with Crippen LogP contribution in [0.4, 0.5) is 0 Å². The highest BCUT2D eigenvalue weighted by atomic mass is 32.1. The molecule has 1 fully saturated rings. The number of amides is 1. The summed E-state index contributed by atoms with van der Waals surface area (Å²) >= 11 is 1.74. The minimum Gasteiger partial charge on any atom is -0.343 e. The second-order valence-corrected chi connectivity index (χ2v) is 5.61. The van der Waals surface area contributed by atoms with Gasteiger partial charge in [0.15, 0.2) is 0 Å². The van der Waals surface area contributed by atoms with E-state index < -0.39 is 0 Å². The van der Waals surface area contributed by atoms with E-state index in [2.05, 4.69) is 10.4 Å². The number of carbonyl (C=O) groups excluding carboxylic acids is 1. The van der Waals surface area contributed by atoms with Gasteiger partial charge in [0.1, 0.15) is 0 Å². The minimum absolute atomic E-state index is 0.274. The summed E-state index contributed by atoms with van der Waals surface area (Å²) in [5.41, 5.74) is 6.65. The standard InChI is InChI=1S/C13H21N3OS/c1-2-12(17)16-7-4-10(5-8-16)13-15-11(3-6-14)9-18-13/h9-10H,2-8,14H2,1H3. The van der Waals surface area contributed by atoms with Gasteiger partial charge in [-0.05, 0) is 19.4 Å². The van der Waals surface area contributed by atoms with Gasteiger partial charge >= 0.3 is 0 Å². The van der Waals surface area contributed by atoms with Crippen molar-refractivity contribution in [3.8, 4) is 0 Å². The summed E-state index contributed by atoms with van der Waals surface area (Å²) in [7, 11) is 0. The molecule has 1 aliphatic rings. The largest absolute Gasteiger partial charge is 0.343 e. The molecule has 2 heterocycles. The van der Waals surface area contributed by atoms with E-state index in [1.54, 1.807) is 11.3 Å². The summed E-state index contributed by atoms with van der Waals surface area (Å²) < 4.78 is 0. The van der Waals surface area contributed by atoms with Crippen molar-refractivity contribution in [1.29, 1.82) is 0 Å². The maximum absolute atomic E-state index is 11.6. The van der Waals surface area contributed by atoms with Gasteiger partial charge < -0.3 is 10.6 Å². The fraction of sp³-hybridized carbons (Fsp3) is 0.692. The lowest BCUT2D eigenvalue weighted by molar-refractivity contribution is -0.131. The Labute approximate surface area is 112 Å². The molecule has 18 heavy (non-hydrogen) atoms. The van der Waals surface area contributed by atoms with Crippen LogP contribution in [0.15, 0.2) is 5.38 Å². The third kappa shape index (κ3) is 3.09. The van der Waals surface area contributed by atoms with Gasteiger partial charge in [0.2, 0.25) is 5.91 Å². The van der Waals surface area contributed by atoms with Crippen LogP contribution in [0.2, 0.25) is 0 Å². The molecular formula is C13H21N3OS. The summed E-state index contributed by atoms with van der Waals surface area (Å²) in [4.78, 5) is 18.2. The molecule has 5 heteroatoms. The Hall–Kier alpha value is -0.940. The second kappa shape index (κ2) is 6.29. The Balaban J connectivity index is 1.90. The van der Waals surface area contributed by atoms with Gasteiger partial charge in [0.25, 0.3) is 0 Å². The van der Waals surface area contributed by atoms with Crippen molar-refractivity contribution < 1.29 is 4.79 Å². The van der Waals surface area contributed by atoms with Crippen LogP contribution in [-0.2, 0) is 11.2 Å². The molecule has 4 nitrogen and oxygen atoms in total. The topological polar surface area (TPSA) is 59.2 Å². The monoisotopic (exact) mass is 267 g/mol. The fourth-order valence-electron chi connectivity index (χ4n) is 2.37. The zero-order valence-electron chi connectivity index (χ0n) is 10.9. The van der Waals surface area contributed by atoms with Crippen LogP contribution in [-0.4, -0.2) is 35.4 Å². The number of likely N-dealkylation sites (tertiary alicyclic amines) is 1. The summed E-state index contributed by atoms with van der Waals surface area (Å²) in [6.45, 7) is 4.34. The Kier molecular flexibility index (Phi) is 4.72. The van der Waals surface area contributed by atoms with E-state index in [4.69, 9.17) is 5.73 Å². The first-order valence-corrected chi connectivity index (χ1v) is 7.54. The zero-order chi connectivity index (χ0) is 13.0. The highest BCUT2D eigenvalue weighted by Crippen LogP contribution is 2.30. The number of nitrogens with zero attached hydrogens (tertiary/aromatic N) is 2. The van der Waals surface area contributed by atoms with Gasteiger partial charge in [-0.25, -0.2) is 4.98 Å². The van der Waals surface area contributed by atoms with Crippen LogP contribution in [0.3, 0.4) is 0 Å². The minimum atomic E-state index is 0.274. The maximum atomic E-state index is 11.6. The molecule has 1 saturated heterocycles. The van der Waals surface area contributed by atoms with Gasteiger partial charge in [0.05, 0.1) is 10.7 Å². The molecular weight excluding hydrogens is 246 g/mol. The molecule has 0 unspecified atom stereocenters. The SMILES string of the molecule is CCC(=O)N1CCC(c2nc(CCN)cs2)CC1. The predicted octanol–water partition coefficient (Wildman–Crippen LogP) is 1.76. The second-order valence-electron chi connectivity index (χ2n) is 4.72. The average Bonchev–Trinajstić information content (AvgIpc) is 2.87. The number of aromatic nitrogens is 1. The molecule has 2 rings (SSSR count). The first kappa shape index (κ1) is 13.5. The quantitative estimate of drug-likeness (QED) is 0.904. The molecule has 0 atom stereocenters. The van der Waals surface area contributed by atoms with E-state index in [0.29, 0.717) is 18.9 Å². The summed E-state index contributed by atoms with van der Waals surface area (Å²) in [6.07, 6.45) is 3.56. The van der Waals surface area contributed by atoms with Crippen LogP contribution < -0.4 is 5.73 Å². The third-order valence-electron chi connectivity index (χ3n) is 3.47. The van der Waals surface area contributed by atoms with Crippen LogP contribution in [0.1, 0.15) is 42.8 Å². The molecule has 100 valence electrons. The number of carbonyl (C=O) groups is 1. The van der Waals surface area contributed by atoms with E-state index in [1.807, 2.05) is 11.8 Å². The predicted molar refractivity (Wildman–Crippen MR) is 73.7 cm³/mol. The van der Waals surface area contributed by atoms with E-state index in [-0.39, 0.29) is 5.91 Å². The van der Waals surface area contributed by atoms with E-state index in [0.717, 1.165) is 38.0 Å². The first-order chi connectivity index (χ1) is 8.74.